The third-order valence-corrected chi connectivity index (χ3v) is 3.48. The molecule has 0 aromatic heterocycles. The zero-order chi connectivity index (χ0) is 12.6. The van der Waals surface area contributed by atoms with E-state index in [1.807, 2.05) is 0 Å². The molecule has 4 heteroatoms. The van der Waals surface area contributed by atoms with Crippen LogP contribution in [0.2, 0.25) is 0 Å². The second-order valence-electron chi connectivity index (χ2n) is 5.19. The van der Waals surface area contributed by atoms with Gasteiger partial charge in [0.2, 0.25) is 0 Å². The van der Waals surface area contributed by atoms with Crippen LogP contribution in [-0.2, 0) is 0 Å². The van der Waals surface area contributed by atoms with Crippen molar-refractivity contribution >= 4 is 11.4 Å². The molecule has 2 nitrogen and oxygen atoms in total. The monoisotopic (exact) mass is 240 g/mol. The number of benzene rings is 1. The minimum atomic E-state index is -2.48. The van der Waals surface area contributed by atoms with Gasteiger partial charge < -0.3 is 10.6 Å². The third-order valence-electron chi connectivity index (χ3n) is 3.48. The van der Waals surface area contributed by atoms with Crippen molar-refractivity contribution in [3.63, 3.8) is 0 Å². The molecule has 1 saturated heterocycles. The Labute approximate surface area is 100 Å². The summed E-state index contributed by atoms with van der Waals surface area (Å²) in [7, 11) is 0. The summed E-state index contributed by atoms with van der Waals surface area (Å²) in [5.41, 5.74) is 6.58. The second-order valence-corrected chi connectivity index (χ2v) is 5.19. The fourth-order valence-electron chi connectivity index (χ4n) is 2.55. The fourth-order valence-corrected chi connectivity index (χ4v) is 2.55. The van der Waals surface area contributed by atoms with Crippen LogP contribution < -0.4 is 10.6 Å². The lowest BCUT2D eigenvalue weighted by atomic mass is 10.0. The van der Waals surface area contributed by atoms with Crippen molar-refractivity contribution in [2.45, 2.75) is 38.7 Å². The highest BCUT2D eigenvalue weighted by atomic mass is 19.3. The van der Waals surface area contributed by atoms with E-state index in [-0.39, 0.29) is 11.1 Å². The summed E-state index contributed by atoms with van der Waals surface area (Å²) < 4.78 is 26.1. The highest BCUT2D eigenvalue weighted by molar-refractivity contribution is 5.62. The van der Waals surface area contributed by atoms with E-state index in [0.717, 1.165) is 19.4 Å². The summed E-state index contributed by atoms with van der Waals surface area (Å²) in [4.78, 5) is 2.06. The molecule has 1 heterocycles. The molecule has 0 bridgehead atoms. The van der Waals surface area contributed by atoms with Crippen LogP contribution in [0.25, 0.3) is 0 Å². The Morgan fingerprint density at radius 1 is 1.35 bits per heavy atom. The molecule has 0 spiro atoms. The predicted molar refractivity (Wildman–Crippen MR) is 66.5 cm³/mol. The van der Waals surface area contributed by atoms with Crippen molar-refractivity contribution in [3.05, 3.63) is 23.8 Å². The van der Waals surface area contributed by atoms with Crippen LogP contribution in [0.5, 0.6) is 0 Å². The normalized spacial score (nSPS) is 19.0. The summed E-state index contributed by atoms with van der Waals surface area (Å²) >= 11 is 0. The van der Waals surface area contributed by atoms with Gasteiger partial charge in [-0.2, -0.15) is 0 Å². The van der Waals surface area contributed by atoms with Crippen LogP contribution in [0.1, 0.15) is 38.7 Å². The molecule has 0 amide bonds. The largest absolute Gasteiger partial charge is 0.399 e. The number of anilines is 2. The maximum atomic E-state index is 13.0. The van der Waals surface area contributed by atoms with Crippen LogP contribution >= 0.6 is 0 Å². The molecule has 1 aliphatic rings. The van der Waals surface area contributed by atoms with E-state index in [2.05, 4.69) is 18.7 Å². The lowest BCUT2D eigenvalue weighted by Crippen LogP contribution is -2.38. The smallest absolute Gasteiger partial charge is 0.265 e. The minimum absolute atomic E-state index is 0.0416. The molecule has 0 radical (unpaired) electrons. The Hall–Kier alpha value is -1.32. The summed E-state index contributed by atoms with van der Waals surface area (Å²) in [5.74, 6) is 0. The standard InChI is InChI=1S/C13H18F2N2/c1-13(2)6-3-7-17(13)11-5-4-9(16)8-10(11)12(14)15/h4-5,8,12H,3,6-7,16H2,1-2H3. The highest BCUT2D eigenvalue weighted by Gasteiger charge is 2.34. The van der Waals surface area contributed by atoms with E-state index in [1.165, 1.54) is 6.07 Å². The van der Waals surface area contributed by atoms with Gasteiger partial charge in [-0.1, -0.05) is 0 Å². The summed E-state index contributed by atoms with van der Waals surface area (Å²) in [5, 5.41) is 0. The molecule has 2 N–H and O–H groups in total. The Bertz CT molecular complexity index is 416. The van der Waals surface area contributed by atoms with Gasteiger partial charge in [0.1, 0.15) is 0 Å². The number of halogens is 2. The van der Waals surface area contributed by atoms with Crippen molar-refractivity contribution in [1.82, 2.24) is 0 Å². The number of alkyl halides is 2. The van der Waals surface area contributed by atoms with E-state index >= 15 is 0 Å². The van der Waals surface area contributed by atoms with Crippen LogP contribution in [0, 0.1) is 0 Å². The maximum Gasteiger partial charge on any atom is 0.265 e. The molecule has 0 atom stereocenters. The van der Waals surface area contributed by atoms with Crippen LogP contribution in [0.4, 0.5) is 20.2 Å². The van der Waals surface area contributed by atoms with E-state index < -0.39 is 6.43 Å². The number of nitrogens with zero attached hydrogens (tertiary/aromatic N) is 1. The summed E-state index contributed by atoms with van der Waals surface area (Å²) in [6.45, 7) is 5.01. The van der Waals surface area contributed by atoms with Crippen LogP contribution in [0.3, 0.4) is 0 Å². The van der Waals surface area contributed by atoms with Gasteiger partial charge in [0, 0.05) is 29.0 Å². The summed E-state index contributed by atoms with van der Waals surface area (Å²) in [6, 6.07) is 4.79. The van der Waals surface area contributed by atoms with Gasteiger partial charge in [0.25, 0.3) is 6.43 Å². The van der Waals surface area contributed by atoms with E-state index in [9.17, 15) is 8.78 Å². The zero-order valence-corrected chi connectivity index (χ0v) is 10.2. The average Bonchev–Trinajstić information content (AvgIpc) is 2.58. The molecule has 2 rings (SSSR count). The fraction of sp³-hybridized carbons (Fsp3) is 0.538. The Balaban J connectivity index is 2.44. The first-order valence-electron chi connectivity index (χ1n) is 5.87. The van der Waals surface area contributed by atoms with Gasteiger partial charge >= 0.3 is 0 Å². The van der Waals surface area contributed by atoms with Gasteiger partial charge in [-0.25, -0.2) is 8.78 Å². The van der Waals surface area contributed by atoms with E-state index in [4.69, 9.17) is 5.73 Å². The number of nitrogens with two attached hydrogens (primary N) is 1. The Kier molecular flexibility index (Phi) is 2.98. The number of rotatable bonds is 2. The first-order chi connectivity index (χ1) is 7.92. The number of nitrogen functional groups attached to an aromatic ring is 1. The van der Waals surface area contributed by atoms with Gasteiger partial charge in [-0.15, -0.1) is 0 Å². The lowest BCUT2D eigenvalue weighted by molar-refractivity contribution is 0.151. The Morgan fingerprint density at radius 2 is 2.06 bits per heavy atom. The van der Waals surface area contributed by atoms with Gasteiger partial charge in [-0.3, -0.25) is 0 Å². The molecule has 0 unspecified atom stereocenters. The highest BCUT2D eigenvalue weighted by Crippen LogP contribution is 2.39. The quantitative estimate of drug-likeness (QED) is 0.800. The minimum Gasteiger partial charge on any atom is -0.399 e. The zero-order valence-electron chi connectivity index (χ0n) is 10.2. The SMILES string of the molecule is CC1(C)CCCN1c1ccc(N)cc1C(F)F. The molecule has 1 aromatic carbocycles. The second kappa shape index (κ2) is 4.17. The Morgan fingerprint density at radius 3 is 2.59 bits per heavy atom. The number of hydrogen-bond donors (Lipinski definition) is 1. The van der Waals surface area contributed by atoms with Crippen LogP contribution in [-0.4, -0.2) is 12.1 Å². The van der Waals surface area contributed by atoms with Crippen LogP contribution in [0.15, 0.2) is 18.2 Å². The van der Waals surface area contributed by atoms with Crippen molar-refractivity contribution < 1.29 is 8.78 Å². The van der Waals surface area contributed by atoms with Crippen molar-refractivity contribution in [1.29, 1.82) is 0 Å². The average molecular weight is 240 g/mol. The summed E-state index contributed by atoms with van der Waals surface area (Å²) in [6.07, 6.45) is -0.412. The molecule has 1 aliphatic heterocycles. The van der Waals surface area contributed by atoms with E-state index in [0.29, 0.717) is 11.4 Å². The van der Waals surface area contributed by atoms with Crippen molar-refractivity contribution in [2.75, 3.05) is 17.2 Å². The first kappa shape index (κ1) is 12.1. The van der Waals surface area contributed by atoms with Gasteiger partial charge in [-0.05, 0) is 44.9 Å². The third kappa shape index (κ3) is 2.21. The molecule has 17 heavy (non-hydrogen) atoms. The lowest BCUT2D eigenvalue weighted by Gasteiger charge is -2.35. The number of hydrogen-bond acceptors (Lipinski definition) is 2. The molecule has 0 aliphatic carbocycles. The first-order valence-corrected chi connectivity index (χ1v) is 5.87. The molecular weight excluding hydrogens is 222 g/mol. The molecule has 1 aromatic rings. The van der Waals surface area contributed by atoms with E-state index in [1.54, 1.807) is 12.1 Å². The maximum absolute atomic E-state index is 13.0. The topological polar surface area (TPSA) is 29.3 Å². The molecule has 0 saturated carbocycles. The van der Waals surface area contributed by atoms with Gasteiger partial charge in [0.15, 0.2) is 0 Å². The molecule has 94 valence electrons. The van der Waals surface area contributed by atoms with Crippen molar-refractivity contribution in [3.8, 4) is 0 Å². The van der Waals surface area contributed by atoms with Crippen molar-refractivity contribution in [2.24, 2.45) is 0 Å². The molecule has 1 fully saturated rings. The predicted octanol–water partition coefficient (Wildman–Crippen LogP) is 3.59. The van der Waals surface area contributed by atoms with Gasteiger partial charge in [0.05, 0.1) is 0 Å². The molecular formula is C13H18F2N2.